The Morgan fingerprint density at radius 1 is 1.56 bits per heavy atom. The highest BCUT2D eigenvalue weighted by molar-refractivity contribution is 7.89. The molecular formula is C10H15N3O2S. The lowest BCUT2D eigenvalue weighted by atomic mass is 10.2. The number of nitrogens with zero attached hydrogens (tertiary/aromatic N) is 2. The Labute approximate surface area is 95.5 Å². The highest BCUT2D eigenvalue weighted by Gasteiger charge is 2.27. The summed E-state index contributed by atoms with van der Waals surface area (Å²) in [5, 5.41) is 2.93. The second kappa shape index (κ2) is 4.39. The molecule has 1 N–H and O–H groups in total. The average molecular weight is 241 g/mol. The number of rotatable bonds is 3. The Balaban J connectivity index is 2.15. The van der Waals surface area contributed by atoms with E-state index in [0.29, 0.717) is 13.1 Å². The van der Waals surface area contributed by atoms with Crippen molar-refractivity contribution >= 4 is 15.8 Å². The normalized spacial score (nSPS) is 19.8. The zero-order chi connectivity index (χ0) is 11.6. The highest BCUT2D eigenvalue weighted by atomic mass is 32.2. The van der Waals surface area contributed by atoms with Crippen LogP contribution in [0.5, 0.6) is 0 Å². The van der Waals surface area contributed by atoms with Crippen molar-refractivity contribution in [2.75, 3.05) is 24.7 Å². The van der Waals surface area contributed by atoms with Gasteiger partial charge in [0.25, 0.3) is 0 Å². The summed E-state index contributed by atoms with van der Waals surface area (Å²) < 4.78 is 24.8. The molecule has 0 amide bonds. The summed E-state index contributed by atoms with van der Waals surface area (Å²) in [6, 6.07) is 3.71. The fourth-order valence-corrected chi connectivity index (χ4v) is 3.29. The van der Waals surface area contributed by atoms with Gasteiger partial charge in [-0.3, -0.25) is 0 Å². The summed E-state index contributed by atoms with van der Waals surface area (Å²) in [6.45, 7) is 1.07. The Morgan fingerprint density at radius 3 is 3.00 bits per heavy atom. The Morgan fingerprint density at radius 2 is 2.38 bits per heavy atom. The summed E-state index contributed by atoms with van der Waals surface area (Å²) in [4.78, 5) is 4.09. The quantitative estimate of drug-likeness (QED) is 0.844. The molecule has 0 spiro atoms. The van der Waals surface area contributed by atoms with Crippen LogP contribution in [0.3, 0.4) is 0 Å². The van der Waals surface area contributed by atoms with Crippen LogP contribution < -0.4 is 5.32 Å². The molecular weight excluding hydrogens is 226 g/mol. The zero-order valence-electron chi connectivity index (χ0n) is 9.18. The van der Waals surface area contributed by atoms with E-state index < -0.39 is 10.0 Å². The molecule has 0 bridgehead atoms. The van der Waals surface area contributed by atoms with Gasteiger partial charge in [-0.15, -0.1) is 0 Å². The average Bonchev–Trinajstić information content (AvgIpc) is 2.59. The molecule has 0 saturated carbocycles. The third-order valence-electron chi connectivity index (χ3n) is 2.64. The molecule has 1 aromatic rings. The lowest BCUT2D eigenvalue weighted by Crippen LogP contribution is -2.25. The van der Waals surface area contributed by atoms with E-state index in [1.807, 2.05) is 12.1 Å². The molecule has 0 aliphatic carbocycles. The monoisotopic (exact) mass is 241 g/mol. The van der Waals surface area contributed by atoms with Gasteiger partial charge in [0.05, 0.1) is 5.75 Å². The maximum atomic E-state index is 11.6. The molecule has 2 rings (SSSR count). The van der Waals surface area contributed by atoms with Crippen LogP contribution in [0.25, 0.3) is 0 Å². The summed E-state index contributed by atoms with van der Waals surface area (Å²) in [5.41, 5.74) is 0.963. The van der Waals surface area contributed by atoms with Gasteiger partial charge < -0.3 is 5.32 Å². The third-order valence-corrected chi connectivity index (χ3v) is 4.55. The van der Waals surface area contributed by atoms with Crippen LogP contribution in [0, 0.1) is 0 Å². The Kier molecular flexibility index (Phi) is 3.11. The van der Waals surface area contributed by atoms with Crippen molar-refractivity contribution in [1.29, 1.82) is 0 Å². The maximum absolute atomic E-state index is 11.6. The van der Waals surface area contributed by atoms with Gasteiger partial charge in [0, 0.05) is 26.3 Å². The highest BCUT2D eigenvalue weighted by Crippen LogP contribution is 2.18. The van der Waals surface area contributed by atoms with Gasteiger partial charge in [-0.1, -0.05) is 0 Å². The number of nitrogens with one attached hydrogen (secondary N) is 1. The van der Waals surface area contributed by atoms with Crippen molar-refractivity contribution in [3.8, 4) is 0 Å². The predicted octanol–water partition coefficient (Wildman–Crippen LogP) is 0.659. The van der Waals surface area contributed by atoms with Gasteiger partial charge in [0.2, 0.25) is 10.0 Å². The van der Waals surface area contributed by atoms with Crippen LogP contribution in [-0.2, 0) is 16.6 Å². The fourth-order valence-electron chi connectivity index (χ4n) is 1.78. The van der Waals surface area contributed by atoms with E-state index in [-0.39, 0.29) is 5.75 Å². The van der Waals surface area contributed by atoms with Gasteiger partial charge in [-0.05, 0) is 24.1 Å². The van der Waals surface area contributed by atoms with Crippen molar-refractivity contribution in [2.24, 2.45) is 0 Å². The molecule has 2 heterocycles. The molecule has 0 radical (unpaired) electrons. The molecule has 1 aromatic heterocycles. The van der Waals surface area contributed by atoms with Crippen molar-refractivity contribution in [1.82, 2.24) is 9.29 Å². The molecule has 1 fully saturated rings. The molecule has 0 atom stereocenters. The van der Waals surface area contributed by atoms with E-state index in [4.69, 9.17) is 0 Å². The molecule has 16 heavy (non-hydrogen) atoms. The van der Waals surface area contributed by atoms with Crippen LogP contribution in [0.15, 0.2) is 18.3 Å². The molecule has 1 saturated heterocycles. The largest absolute Gasteiger partial charge is 0.373 e. The summed E-state index contributed by atoms with van der Waals surface area (Å²) in [7, 11) is -1.22. The second-order valence-corrected chi connectivity index (χ2v) is 5.89. The van der Waals surface area contributed by atoms with Gasteiger partial charge in [-0.25, -0.2) is 13.4 Å². The van der Waals surface area contributed by atoms with Gasteiger partial charge in [0.1, 0.15) is 5.82 Å². The molecule has 0 unspecified atom stereocenters. The fraction of sp³-hybridized carbons (Fsp3) is 0.500. The van der Waals surface area contributed by atoms with E-state index >= 15 is 0 Å². The van der Waals surface area contributed by atoms with Crippen LogP contribution in [-0.4, -0.2) is 37.1 Å². The molecule has 1 aliphatic heterocycles. The minimum atomic E-state index is -3.01. The second-order valence-electron chi connectivity index (χ2n) is 3.80. The minimum absolute atomic E-state index is 0.275. The smallest absolute Gasteiger partial charge is 0.214 e. The number of anilines is 1. The SMILES string of the molecule is CNc1cc(CN2CCCS2(=O)=O)ccn1. The van der Waals surface area contributed by atoms with Crippen molar-refractivity contribution in [2.45, 2.75) is 13.0 Å². The first-order valence-corrected chi connectivity index (χ1v) is 6.83. The third kappa shape index (κ3) is 2.33. The van der Waals surface area contributed by atoms with E-state index in [9.17, 15) is 8.42 Å². The predicted molar refractivity (Wildman–Crippen MR) is 62.6 cm³/mol. The van der Waals surface area contributed by atoms with Crippen molar-refractivity contribution < 1.29 is 8.42 Å². The first-order chi connectivity index (χ1) is 7.62. The summed E-state index contributed by atoms with van der Waals surface area (Å²) in [5.74, 6) is 1.03. The standard InChI is InChI=1S/C10H15N3O2S/c1-11-10-7-9(3-4-12-10)8-13-5-2-6-16(13,14)15/h3-4,7H,2,5-6,8H2,1H3,(H,11,12). The first-order valence-electron chi connectivity index (χ1n) is 5.22. The van der Waals surface area contributed by atoms with Crippen LogP contribution >= 0.6 is 0 Å². The summed E-state index contributed by atoms with van der Waals surface area (Å²) in [6.07, 6.45) is 2.41. The van der Waals surface area contributed by atoms with Crippen LogP contribution in [0.4, 0.5) is 5.82 Å². The van der Waals surface area contributed by atoms with Crippen LogP contribution in [0.2, 0.25) is 0 Å². The lowest BCUT2D eigenvalue weighted by molar-refractivity contribution is 0.439. The first kappa shape index (κ1) is 11.3. The molecule has 5 nitrogen and oxygen atoms in total. The maximum Gasteiger partial charge on any atom is 0.214 e. The lowest BCUT2D eigenvalue weighted by Gasteiger charge is -2.14. The van der Waals surface area contributed by atoms with Crippen LogP contribution in [0.1, 0.15) is 12.0 Å². The molecule has 0 aromatic carbocycles. The van der Waals surface area contributed by atoms with Crippen molar-refractivity contribution in [3.05, 3.63) is 23.9 Å². The Bertz CT molecular complexity index is 473. The number of sulfonamides is 1. The van der Waals surface area contributed by atoms with E-state index in [1.165, 1.54) is 4.31 Å². The molecule has 88 valence electrons. The molecule has 6 heteroatoms. The zero-order valence-corrected chi connectivity index (χ0v) is 10.00. The summed E-state index contributed by atoms with van der Waals surface area (Å²) >= 11 is 0. The number of hydrogen-bond donors (Lipinski definition) is 1. The van der Waals surface area contributed by atoms with Crippen molar-refractivity contribution in [3.63, 3.8) is 0 Å². The number of hydrogen-bond acceptors (Lipinski definition) is 4. The van der Waals surface area contributed by atoms with E-state index in [0.717, 1.165) is 17.8 Å². The van der Waals surface area contributed by atoms with Gasteiger partial charge >= 0.3 is 0 Å². The Hall–Kier alpha value is -1.14. The van der Waals surface area contributed by atoms with E-state index in [1.54, 1.807) is 13.2 Å². The van der Waals surface area contributed by atoms with Gasteiger partial charge in [0.15, 0.2) is 0 Å². The number of aromatic nitrogens is 1. The topological polar surface area (TPSA) is 62.3 Å². The minimum Gasteiger partial charge on any atom is -0.373 e. The van der Waals surface area contributed by atoms with E-state index in [2.05, 4.69) is 10.3 Å². The van der Waals surface area contributed by atoms with Gasteiger partial charge in [-0.2, -0.15) is 4.31 Å². The number of pyridine rings is 1. The molecule has 1 aliphatic rings.